The number of carboxylic acid groups (broad SMARTS) is 2. The summed E-state index contributed by atoms with van der Waals surface area (Å²) in [7, 11) is 0. The second-order valence-corrected chi connectivity index (χ2v) is 7.70. The maximum Gasteiger partial charge on any atom is 0.324 e. The lowest BCUT2D eigenvalue weighted by Crippen LogP contribution is -2.42. The van der Waals surface area contributed by atoms with Crippen LogP contribution < -0.4 is 16.8 Å². The van der Waals surface area contributed by atoms with Crippen LogP contribution in [-0.2, 0) is 23.9 Å². The topological polar surface area (TPSA) is 182 Å². The summed E-state index contributed by atoms with van der Waals surface area (Å²) in [6.07, 6.45) is 11.5. The fraction of sp³-hybridized carbons (Fsp3) is 0.818. The van der Waals surface area contributed by atoms with Crippen LogP contribution in [0.1, 0.15) is 90.9 Å². The number of unbranched alkanes of at least 4 members (excludes halogenated alkanes) is 8. The zero-order valence-corrected chi connectivity index (χ0v) is 19.6. The summed E-state index contributed by atoms with van der Waals surface area (Å²) in [4.78, 5) is 43.1. The van der Waals surface area contributed by atoms with Gasteiger partial charge in [-0.15, -0.1) is 0 Å². The summed E-state index contributed by atoms with van der Waals surface area (Å²) in [6, 6.07) is -2.13. The lowest BCUT2D eigenvalue weighted by atomic mass is 10.1. The van der Waals surface area contributed by atoms with Crippen molar-refractivity contribution in [3.8, 4) is 0 Å². The first-order valence-electron chi connectivity index (χ1n) is 11.5. The molecule has 188 valence electrons. The van der Waals surface area contributed by atoms with Crippen LogP contribution in [0.25, 0.3) is 0 Å². The second kappa shape index (κ2) is 22.0. The van der Waals surface area contributed by atoms with E-state index in [0.717, 1.165) is 44.9 Å². The van der Waals surface area contributed by atoms with E-state index >= 15 is 0 Å². The van der Waals surface area contributed by atoms with Gasteiger partial charge >= 0.3 is 17.9 Å². The lowest BCUT2D eigenvalue weighted by Gasteiger charge is -2.08. The quantitative estimate of drug-likeness (QED) is 0.151. The van der Waals surface area contributed by atoms with E-state index in [-0.39, 0.29) is 25.0 Å². The highest BCUT2D eigenvalue weighted by Crippen LogP contribution is 2.06. The normalized spacial score (nSPS) is 12.1. The number of hydrogen-bond donors (Lipinski definition) is 5. The number of hydrogen-bond acceptors (Lipinski definition) is 7. The van der Waals surface area contributed by atoms with Gasteiger partial charge in [-0.3, -0.25) is 19.2 Å². The number of nitrogens with one attached hydrogen (secondary N) is 1. The molecule has 0 aliphatic carbocycles. The van der Waals surface area contributed by atoms with E-state index in [9.17, 15) is 19.2 Å². The Morgan fingerprint density at radius 2 is 1.22 bits per heavy atom. The van der Waals surface area contributed by atoms with Crippen molar-refractivity contribution in [2.45, 2.75) is 103 Å². The van der Waals surface area contributed by atoms with Gasteiger partial charge in [-0.25, -0.2) is 0 Å². The van der Waals surface area contributed by atoms with E-state index in [2.05, 4.69) is 19.2 Å². The molecule has 0 aromatic rings. The van der Waals surface area contributed by atoms with Crippen molar-refractivity contribution in [3.63, 3.8) is 0 Å². The molecule has 0 aromatic carbocycles. The van der Waals surface area contributed by atoms with Crippen LogP contribution in [0.4, 0.5) is 0 Å². The maximum atomic E-state index is 11.2. The molecule has 10 nitrogen and oxygen atoms in total. The Balaban J connectivity index is 0. The average Bonchev–Trinajstić information content (AvgIpc) is 2.75. The molecule has 1 amide bonds. The molecule has 32 heavy (non-hydrogen) atoms. The zero-order valence-electron chi connectivity index (χ0n) is 19.6. The van der Waals surface area contributed by atoms with Gasteiger partial charge in [0.05, 0.1) is 0 Å². The van der Waals surface area contributed by atoms with E-state index in [0.29, 0.717) is 12.8 Å². The molecule has 0 aliphatic heterocycles. The number of esters is 1. The van der Waals surface area contributed by atoms with Gasteiger partial charge in [-0.05, 0) is 12.8 Å². The minimum atomic E-state index is -1.16. The molecule has 0 fully saturated rings. The van der Waals surface area contributed by atoms with Crippen molar-refractivity contribution in [2.24, 2.45) is 11.5 Å². The summed E-state index contributed by atoms with van der Waals surface area (Å²) in [5.74, 6) is -2.74. The number of carboxylic acids is 2. The van der Waals surface area contributed by atoms with Crippen molar-refractivity contribution in [1.29, 1.82) is 0 Å². The van der Waals surface area contributed by atoms with Crippen molar-refractivity contribution < 1.29 is 34.1 Å². The third-order valence-electron chi connectivity index (χ3n) is 4.57. The monoisotopic (exact) mass is 461 g/mol. The smallest absolute Gasteiger partial charge is 0.324 e. The van der Waals surface area contributed by atoms with Gasteiger partial charge in [-0.2, -0.15) is 0 Å². The Kier molecular flexibility index (Phi) is 22.0. The molecule has 0 heterocycles. The summed E-state index contributed by atoms with van der Waals surface area (Å²) in [6.45, 7) is 4.02. The van der Waals surface area contributed by atoms with Gasteiger partial charge in [-0.1, -0.05) is 65.2 Å². The van der Waals surface area contributed by atoms with Crippen LogP contribution in [0.15, 0.2) is 0 Å². The van der Waals surface area contributed by atoms with E-state index in [1.165, 1.54) is 19.3 Å². The van der Waals surface area contributed by atoms with Crippen molar-refractivity contribution in [1.82, 2.24) is 5.32 Å². The first kappa shape index (κ1) is 32.0. The molecule has 0 unspecified atom stereocenters. The number of rotatable bonds is 18. The first-order chi connectivity index (χ1) is 15.1. The van der Waals surface area contributed by atoms with Crippen molar-refractivity contribution >= 4 is 23.8 Å². The molecular weight excluding hydrogens is 418 g/mol. The molecule has 0 spiro atoms. The Bertz CT molecular complexity index is 484. The maximum absolute atomic E-state index is 11.2. The highest BCUT2D eigenvalue weighted by atomic mass is 16.5. The van der Waals surface area contributed by atoms with Gasteiger partial charge < -0.3 is 31.7 Å². The predicted molar refractivity (Wildman–Crippen MR) is 122 cm³/mol. The molecule has 0 aliphatic rings. The fourth-order valence-electron chi connectivity index (χ4n) is 2.49. The number of aliphatic carboxylic acids is 2. The highest BCUT2D eigenvalue weighted by molar-refractivity contribution is 5.78. The van der Waals surface area contributed by atoms with E-state index < -0.39 is 24.0 Å². The molecule has 0 bridgehead atoms. The van der Waals surface area contributed by atoms with Crippen LogP contribution >= 0.6 is 0 Å². The fourth-order valence-corrected chi connectivity index (χ4v) is 2.49. The number of carbonyl (C=O) groups excluding carboxylic acids is 2. The van der Waals surface area contributed by atoms with E-state index in [1.54, 1.807) is 0 Å². The van der Waals surface area contributed by atoms with Crippen LogP contribution in [0.3, 0.4) is 0 Å². The Morgan fingerprint density at radius 1 is 0.750 bits per heavy atom. The number of nitrogens with two attached hydrogens (primary N) is 2. The number of amides is 1. The zero-order chi connectivity index (χ0) is 24.8. The Labute approximate surface area is 191 Å². The minimum absolute atomic E-state index is 0.00310. The van der Waals surface area contributed by atoms with Crippen LogP contribution in [0.5, 0.6) is 0 Å². The van der Waals surface area contributed by atoms with Gasteiger partial charge in [0.15, 0.2) is 0 Å². The van der Waals surface area contributed by atoms with Crippen molar-refractivity contribution in [3.05, 3.63) is 0 Å². The summed E-state index contributed by atoms with van der Waals surface area (Å²) in [5, 5.41) is 19.5. The van der Waals surface area contributed by atoms with Gasteiger partial charge in [0, 0.05) is 19.4 Å². The largest absolute Gasteiger partial charge is 0.480 e. The molecule has 0 saturated heterocycles. The lowest BCUT2D eigenvalue weighted by molar-refractivity contribution is -0.148. The Morgan fingerprint density at radius 3 is 1.69 bits per heavy atom. The van der Waals surface area contributed by atoms with E-state index in [1.807, 2.05) is 0 Å². The molecule has 10 heteroatoms. The highest BCUT2D eigenvalue weighted by Gasteiger charge is 2.14. The third kappa shape index (κ3) is 22.5. The molecule has 0 radical (unpaired) electrons. The Hall–Kier alpha value is -2.20. The second-order valence-electron chi connectivity index (χ2n) is 7.70. The molecular formula is C22H43N3O7. The summed E-state index contributed by atoms with van der Waals surface area (Å²) in [5.41, 5.74) is 10.4. The van der Waals surface area contributed by atoms with Gasteiger partial charge in [0.1, 0.15) is 18.7 Å². The predicted octanol–water partition coefficient (Wildman–Crippen LogP) is 2.18. The van der Waals surface area contributed by atoms with Crippen LogP contribution in [0.2, 0.25) is 0 Å². The summed E-state index contributed by atoms with van der Waals surface area (Å²) < 4.78 is 4.73. The molecule has 2 atom stereocenters. The summed E-state index contributed by atoms with van der Waals surface area (Å²) >= 11 is 0. The van der Waals surface area contributed by atoms with E-state index in [4.69, 9.17) is 26.4 Å². The van der Waals surface area contributed by atoms with Gasteiger partial charge in [0.2, 0.25) is 5.91 Å². The van der Waals surface area contributed by atoms with Gasteiger partial charge in [0.25, 0.3) is 0 Å². The molecule has 0 saturated carbocycles. The number of ether oxygens (including phenoxy) is 1. The average molecular weight is 462 g/mol. The van der Waals surface area contributed by atoms with Crippen LogP contribution in [0, 0.1) is 0 Å². The van der Waals surface area contributed by atoms with Crippen molar-refractivity contribution in [2.75, 3.05) is 13.2 Å². The first-order valence-corrected chi connectivity index (χ1v) is 11.5. The third-order valence-corrected chi connectivity index (χ3v) is 4.57. The minimum Gasteiger partial charge on any atom is -0.480 e. The SMILES string of the molecule is CCCCCCCC(=O)NC[C@H](N)C(=O)O.CCCCCCCC(=O)OC[C@H](N)C(=O)O. The molecule has 0 rings (SSSR count). The number of carbonyl (C=O) groups is 4. The molecule has 7 N–H and O–H groups in total. The van der Waals surface area contributed by atoms with Crippen LogP contribution in [-0.4, -0.2) is 59.3 Å². The molecule has 0 aromatic heterocycles. The standard InChI is InChI=1S/C11H22N2O3.C11H21NO4/c1-2-3-4-5-6-7-10(14)13-8-9(12)11(15)16;1-2-3-4-5-6-7-10(13)16-8-9(12)11(14)15/h9H,2-8,12H2,1H3,(H,13,14)(H,15,16);9H,2-8,12H2,1H3,(H,14,15)/t2*9-/m00/s1.